The number of esters is 1. The maximum Gasteiger partial charge on any atom is 0.374 e. The predicted octanol–water partition coefficient (Wildman–Crippen LogP) is 4.11. The number of rotatable bonds is 4. The van der Waals surface area contributed by atoms with Crippen LogP contribution in [-0.4, -0.2) is 22.1 Å². The van der Waals surface area contributed by atoms with Crippen molar-refractivity contribution in [2.45, 2.75) is 13.5 Å². The summed E-state index contributed by atoms with van der Waals surface area (Å²) in [5, 5.41) is 1.53. The number of carbonyl (C=O) groups is 1. The van der Waals surface area contributed by atoms with Gasteiger partial charge in [0.25, 0.3) is 5.56 Å². The topological polar surface area (TPSA) is 87.5 Å². The van der Waals surface area contributed by atoms with Crippen LogP contribution in [0.4, 0.5) is 0 Å². The smallest absolute Gasteiger partial charge is 0.374 e. The zero-order chi connectivity index (χ0) is 20.0. The highest BCUT2D eigenvalue weighted by molar-refractivity contribution is 6.01. The lowest BCUT2D eigenvalue weighted by Crippen LogP contribution is -2.21. The van der Waals surface area contributed by atoms with E-state index in [0.29, 0.717) is 22.2 Å². The van der Waals surface area contributed by atoms with Crippen molar-refractivity contribution in [3.63, 3.8) is 0 Å². The Bertz CT molecular complexity index is 1440. The molecule has 0 saturated heterocycles. The number of hydrogen-bond donors (Lipinski definition) is 0. The molecule has 3 heterocycles. The van der Waals surface area contributed by atoms with Gasteiger partial charge in [0.15, 0.2) is 0 Å². The minimum atomic E-state index is -0.565. The second kappa shape index (κ2) is 6.63. The second-order valence-corrected chi connectivity index (χ2v) is 6.58. The highest BCUT2D eigenvalue weighted by Gasteiger charge is 2.23. The third-order valence-electron chi connectivity index (χ3n) is 4.84. The molecule has 7 nitrogen and oxygen atoms in total. The van der Waals surface area contributed by atoms with Crippen LogP contribution in [0, 0.1) is 0 Å². The largest absolute Gasteiger partial charge is 0.460 e. The van der Waals surface area contributed by atoms with Gasteiger partial charge in [-0.1, -0.05) is 30.3 Å². The van der Waals surface area contributed by atoms with Crippen molar-refractivity contribution < 1.29 is 18.4 Å². The molecule has 5 aromatic rings. The summed E-state index contributed by atoms with van der Waals surface area (Å²) in [5.41, 5.74) is 2.09. The molecule has 2 aromatic carbocycles. The fourth-order valence-electron chi connectivity index (χ4n) is 3.52. The van der Waals surface area contributed by atoms with Crippen LogP contribution in [0.2, 0.25) is 0 Å². The SMILES string of the molecule is CCOC(=O)c1oc2ccccc2c1Cn1cnc2c(oc3ccccc32)c1=O. The summed E-state index contributed by atoms with van der Waals surface area (Å²) < 4.78 is 18.0. The van der Waals surface area contributed by atoms with Gasteiger partial charge in [0.2, 0.25) is 11.3 Å². The van der Waals surface area contributed by atoms with Crippen molar-refractivity contribution >= 4 is 39.0 Å². The van der Waals surface area contributed by atoms with Gasteiger partial charge < -0.3 is 13.6 Å². The molecular weight excluding hydrogens is 372 g/mol. The molecule has 0 unspecified atom stereocenters. The summed E-state index contributed by atoms with van der Waals surface area (Å²) in [4.78, 5) is 29.9. The van der Waals surface area contributed by atoms with Gasteiger partial charge in [0.05, 0.1) is 19.5 Å². The van der Waals surface area contributed by atoms with Crippen LogP contribution in [0.3, 0.4) is 0 Å². The molecular formula is C22H16N2O5. The van der Waals surface area contributed by atoms with E-state index in [1.54, 1.807) is 19.1 Å². The van der Waals surface area contributed by atoms with E-state index in [0.717, 1.165) is 10.8 Å². The Kier molecular flexibility index (Phi) is 3.94. The van der Waals surface area contributed by atoms with Crippen LogP contribution in [-0.2, 0) is 11.3 Å². The number of aromatic nitrogens is 2. The van der Waals surface area contributed by atoms with Crippen molar-refractivity contribution in [3.8, 4) is 0 Å². The first-order chi connectivity index (χ1) is 14.2. The summed E-state index contributed by atoms with van der Waals surface area (Å²) in [6.45, 7) is 2.05. The van der Waals surface area contributed by atoms with E-state index in [-0.39, 0.29) is 30.1 Å². The van der Waals surface area contributed by atoms with E-state index in [1.807, 2.05) is 36.4 Å². The first-order valence-corrected chi connectivity index (χ1v) is 9.21. The number of furan rings is 2. The molecule has 3 aromatic heterocycles. The molecule has 0 amide bonds. The van der Waals surface area contributed by atoms with Gasteiger partial charge in [0.1, 0.15) is 16.7 Å². The first kappa shape index (κ1) is 17.2. The fraction of sp³-hybridized carbons (Fsp3) is 0.136. The van der Waals surface area contributed by atoms with Gasteiger partial charge >= 0.3 is 5.97 Å². The minimum Gasteiger partial charge on any atom is -0.460 e. The Morgan fingerprint density at radius 2 is 1.72 bits per heavy atom. The molecule has 144 valence electrons. The minimum absolute atomic E-state index is 0.0876. The zero-order valence-corrected chi connectivity index (χ0v) is 15.5. The molecule has 7 heteroatoms. The van der Waals surface area contributed by atoms with Gasteiger partial charge in [-0.05, 0) is 25.1 Å². The molecule has 0 fully saturated rings. The summed E-state index contributed by atoms with van der Waals surface area (Å²) in [5.74, 6) is -0.478. The fourth-order valence-corrected chi connectivity index (χ4v) is 3.52. The zero-order valence-electron chi connectivity index (χ0n) is 15.5. The van der Waals surface area contributed by atoms with Crippen molar-refractivity contribution in [2.75, 3.05) is 6.61 Å². The van der Waals surface area contributed by atoms with E-state index in [4.69, 9.17) is 13.6 Å². The van der Waals surface area contributed by atoms with Crippen molar-refractivity contribution in [2.24, 2.45) is 0 Å². The lowest BCUT2D eigenvalue weighted by molar-refractivity contribution is 0.0490. The first-order valence-electron chi connectivity index (χ1n) is 9.21. The van der Waals surface area contributed by atoms with Crippen molar-refractivity contribution in [3.05, 3.63) is 76.5 Å². The lowest BCUT2D eigenvalue weighted by atomic mass is 10.1. The summed E-state index contributed by atoms with van der Waals surface area (Å²) in [6, 6.07) is 14.6. The molecule has 0 saturated carbocycles. The maximum absolute atomic E-state index is 13.0. The lowest BCUT2D eigenvalue weighted by Gasteiger charge is -2.06. The second-order valence-electron chi connectivity index (χ2n) is 6.58. The number of fused-ring (bicyclic) bond motifs is 4. The molecule has 29 heavy (non-hydrogen) atoms. The van der Waals surface area contributed by atoms with Gasteiger partial charge in [-0.3, -0.25) is 9.36 Å². The van der Waals surface area contributed by atoms with Crippen LogP contribution in [0.15, 0.2) is 68.5 Å². The molecule has 0 N–H and O–H groups in total. The van der Waals surface area contributed by atoms with E-state index >= 15 is 0 Å². The molecule has 0 aliphatic heterocycles. The molecule has 0 atom stereocenters. The number of para-hydroxylation sites is 2. The molecule has 0 aliphatic carbocycles. The monoisotopic (exact) mass is 388 g/mol. The Balaban J connectivity index is 1.67. The van der Waals surface area contributed by atoms with Crippen LogP contribution in [0.1, 0.15) is 23.0 Å². The normalized spacial score (nSPS) is 11.5. The molecule has 5 rings (SSSR count). The Hall–Kier alpha value is -3.87. The van der Waals surface area contributed by atoms with Gasteiger partial charge in [-0.25, -0.2) is 9.78 Å². The Morgan fingerprint density at radius 3 is 2.48 bits per heavy atom. The van der Waals surface area contributed by atoms with Crippen LogP contribution < -0.4 is 5.56 Å². The highest BCUT2D eigenvalue weighted by Crippen LogP contribution is 2.28. The summed E-state index contributed by atoms with van der Waals surface area (Å²) >= 11 is 0. The average molecular weight is 388 g/mol. The predicted molar refractivity (Wildman–Crippen MR) is 107 cm³/mol. The molecule has 0 spiro atoms. The highest BCUT2D eigenvalue weighted by atomic mass is 16.5. The number of benzene rings is 2. The number of nitrogens with zero attached hydrogens (tertiary/aromatic N) is 2. The van der Waals surface area contributed by atoms with Gasteiger partial charge in [-0.15, -0.1) is 0 Å². The standard InChI is InChI=1S/C22H16N2O5/c1-2-27-22(26)19-15(13-7-3-5-9-16(13)28-19)11-24-12-23-18-14-8-4-6-10-17(14)29-20(18)21(24)25/h3-10,12H,2,11H2,1H3. The van der Waals surface area contributed by atoms with Crippen LogP contribution >= 0.6 is 0 Å². The number of hydrogen-bond acceptors (Lipinski definition) is 6. The molecule has 0 bridgehead atoms. The third-order valence-corrected chi connectivity index (χ3v) is 4.84. The third kappa shape index (κ3) is 2.70. The quantitative estimate of drug-likeness (QED) is 0.431. The van der Waals surface area contributed by atoms with E-state index in [2.05, 4.69) is 4.98 Å². The van der Waals surface area contributed by atoms with Crippen molar-refractivity contribution in [1.82, 2.24) is 9.55 Å². The van der Waals surface area contributed by atoms with Crippen molar-refractivity contribution in [1.29, 1.82) is 0 Å². The molecule has 0 radical (unpaired) electrons. The van der Waals surface area contributed by atoms with E-state index in [1.165, 1.54) is 10.9 Å². The summed E-state index contributed by atoms with van der Waals surface area (Å²) in [6.07, 6.45) is 1.46. The maximum atomic E-state index is 13.0. The van der Waals surface area contributed by atoms with Crippen LogP contribution in [0.5, 0.6) is 0 Å². The summed E-state index contributed by atoms with van der Waals surface area (Å²) in [7, 11) is 0. The van der Waals surface area contributed by atoms with Gasteiger partial charge in [0, 0.05) is 16.3 Å². The number of carbonyl (C=O) groups excluding carboxylic acids is 1. The Morgan fingerprint density at radius 1 is 1.03 bits per heavy atom. The van der Waals surface area contributed by atoms with E-state index in [9.17, 15) is 9.59 Å². The van der Waals surface area contributed by atoms with Crippen LogP contribution in [0.25, 0.3) is 33.0 Å². The molecule has 0 aliphatic rings. The number of ether oxygens (including phenoxy) is 1. The Labute approximate surface area is 164 Å². The van der Waals surface area contributed by atoms with Gasteiger partial charge in [-0.2, -0.15) is 0 Å². The average Bonchev–Trinajstić information content (AvgIpc) is 3.29. The van der Waals surface area contributed by atoms with E-state index < -0.39 is 5.97 Å².